The summed E-state index contributed by atoms with van der Waals surface area (Å²) in [6, 6.07) is 0. The van der Waals surface area contributed by atoms with Crippen LogP contribution >= 0.6 is 0 Å². The van der Waals surface area contributed by atoms with Crippen LogP contribution in [0.4, 0.5) is 0 Å². The molecule has 0 heterocycles. The van der Waals surface area contributed by atoms with Crippen LogP contribution in [-0.2, 0) is 0 Å². The Morgan fingerprint density at radius 1 is 1.27 bits per heavy atom. The smallest absolute Gasteiger partial charge is 0.0540 e. The molecule has 0 aromatic heterocycles. The lowest BCUT2D eigenvalue weighted by atomic mass is 9.79. The molecule has 1 atom stereocenters. The average molecular weight is 156 g/mol. The fourth-order valence-electron chi connectivity index (χ4n) is 2.08. The molecule has 0 saturated heterocycles. The van der Waals surface area contributed by atoms with Gasteiger partial charge >= 0.3 is 0 Å². The van der Waals surface area contributed by atoms with E-state index in [0.29, 0.717) is 5.92 Å². The predicted octanol–water partition coefficient (Wildman–Crippen LogP) is 2.58. The lowest BCUT2D eigenvalue weighted by Gasteiger charge is -2.29. The van der Waals surface area contributed by atoms with E-state index in [1.165, 1.54) is 32.1 Å². The summed E-state index contributed by atoms with van der Waals surface area (Å²) in [5, 5.41) is 9.34. The summed E-state index contributed by atoms with van der Waals surface area (Å²) in [6.45, 7) is 4.20. The van der Waals surface area contributed by atoms with Gasteiger partial charge < -0.3 is 5.11 Å². The number of rotatable bonds is 2. The van der Waals surface area contributed by atoms with Crippen molar-refractivity contribution in [2.45, 2.75) is 52.1 Å². The maximum atomic E-state index is 9.34. The highest BCUT2D eigenvalue weighted by Crippen LogP contribution is 2.32. The number of aliphatic hydroxyl groups is 1. The van der Waals surface area contributed by atoms with Gasteiger partial charge in [-0.15, -0.1) is 0 Å². The fourth-order valence-corrected chi connectivity index (χ4v) is 2.08. The zero-order valence-electron chi connectivity index (χ0n) is 7.71. The minimum Gasteiger partial charge on any atom is -0.393 e. The first-order valence-electron chi connectivity index (χ1n) is 4.92. The monoisotopic (exact) mass is 156 g/mol. The van der Waals surface area contributed by atoms with Gasteiger partial charge in [0.1, 0.15) is 0 Å². The molecule has 0 unspecified atom stereocenters. The van der Waals surface area contributed by atoms with Crippen LogP contribution < -0.4 is 0 Å². The third kappa shape index (κ3) is 2.48. The van der Waals surface area contributed by atoms with Crippen molar-refractivity contribution in [3.05, 3.63) is 0 Å². The molecule has 1 nitrogen and oxygen atoms in total. The van der Waals surface area contributed by atoms with E-state index in [9.17, 15) is 5.11 Å². The summed E-state index contributed by atoms with van der Waals surface area (Å²) in [4.78, 5) is 0. The largest absolute Gasteiger partial charge is 0.393 e. The van der Waals surface area contributed by atoms with Crippen molar-refractivity contribution in [3.8, 4) is 0 Å². The Labute approximate surface area is 69.8 Å². The summed E-state index contributed by atoms with van der Waals surface area (Å²) >= 11 is 0. The summed E-state index contributed by atoms with van der Waals surface area (Å²) in [7, 11) is 0. The molecule has 0 aromatic rings. The van der Waals surface area contributed by atoms with Gasteiger partial charge in [0.2, 0.25) is 0 Å². The molecule has 11 heavy (non-hydrogen) atoms. The molecule has 1 aliphatic rings. The van der Waals surface area contributed by atoms with Gasteiger partial charge in [-0.1, -0.05) is 26.2 Å². The molecule has 0 radical (unpaired) electrons. The average Bonchev–Trinajstić information content (AvgIpc) is 2.05. The van der Waals surface area contributed by atoms with E-state index in [-0.39, 0.29) is 6.10 Å². The van der Waals surface area contributed by atoms with Crippen LogP contribution in [0.2, 0.25) is 0 Å². The molecule has 0 aromatic carbocycles. The Morgan fingerprint density at radius 2 is 1.82 bits per heavy atom. The van der Waals surface area contributed by atoms with E-state index in [1.807, 2.05) is 6.92 Å². The summed E-state index contributed by atoms with van der Waals surface area (Å²) < 4.78 is 0. The quantitative estimate of drug-likeness (QED) is 0.651. The molecule has 1 fully saturated rings. The van der Waals surface area contributed by atoms with Crippen molar-refractivity contribution in [1.29, 1.82) is 0 Å². The molecule has 1 rings (SSSR count). The molecular weight excluding hydrogens is 136 g/mol. The second-order valence-electron chi connectivity index (χ2n) is 3.93. The van der Waals surface area contributed by atoms with Gasteiger partial charge in [-0.3, -0.25) is 0 Å². The van der Waals surface area contributed by atoms with Crippen LogP contribution in [0.5, 0.6) is 0 Å². The minimum atomic E-state index is -0.0761. The molecular formula is C10H20O. The van der Waals surface area contributed by atoms with Crippen molar-refractivity contribution in [2.75, 3.05) is 0 Å². The number of hydrogen-bond donors (Lipinski definition) is 1. The molecule has 1 aliphatic carbocycles. The van der Waals surface area contributed by atoms with Crippen LogP contribution in [0.3, 0.4) is 0 Å². The second-order valence-corrected chi connectivity index (χ2v) is 3.93. The lowest BCUT2D eigenvalue weighted by Crippen LogP contribution is -2.22. The number of hydrogen-bond acceptors (Lipinski definition) is 1. The van der Waals surface area contributed by atoms with E-state index in [4.69, 9.17) is 0 Å². The Kier molecular flexibility index (Phi) is 3.38. The van der Waals surface area contributed by atoms with Crippen molar-refractivity contribution in [2.24, 2.45) is 11.8 Å². The summed E-state index contributed by atoms with van der Waals surface area (Å²) in [5.74, 6) is 1.54. The third-order valence-electron chi connectivity index (χ3n) is 3.15. The molecule has 0 bridgehead atoms. The van der Waals surface area contributed by atoms with E-state index < -0.39 is 0 Å². The first-order valence-corrected chi connectivity index (χ1v) is 4.92. The highest BCUT2D eigenvalue weighted by Gasteiger charge is 2.22. The van der Waals surface area contributed by atoms with Gasteiger partial charge in [0, 0.05) is 0 Å². The predicted molar refractivity (Wildman–Crippen MR) is 47.4 cm³/mol. The number of aliphatic hydroxyl groups excluding tert-OH is 1. The topological polar surface area (TPSA) is 20.2 Å². The zero-order chi connectivity index (χ0) is 8.27. The Morgan fingerprint density at radius 3 is 2.18 bits per heavy atom. The van der Waals surface area contributed by atoms with Crippen LogP contribution in [0.15, 0.2) is 0 Å². The summed E-state index contributed by atoms with van der Waals surface area (Å²) in [5.41, 5.74) is 0. The molecule has 0 amide bonds. The van der Waals surface area contributed by atoms with E-state index in [1.54, 1.807) is 0 Å². The van der Waals surface area contributed by atoms with E-state index in [0.717, 1.165) is 5.92 Å². The second kappa shape index (κ2) is 4.10. The van der Waals surface area contributed by atoms with Crippen LogP contribution in [0.25, 0.3) is 0 Å². The van der Waals surface area contributed by atoms with Crippen molar-refractivity contribution >= 4 is 0 Å². The van der Waals surface area contributed by atoms with Gasteiger partial charge in [-0.05, 0) is 31.6 Å². The molecule has 66 valence electrons. The highest BCUT2D eigenvalue weighted by atomic mass is 16.3. The minimum absolute atomic E-state index is 0.0761. The fraction of sp³-hybridized carbons (Fsp3) is 1.00. The van der Waals surface area contributed by atoms with E-state index in [2.05, 4.69) is 6.92 Å². The first kappa shape index (κ1) is 9.05. The first-order chi connectivity index (χ1) is 5.24. The maximum absolute atomic E-state index is 9.34. The standard InChI is InChI=1S/C10H20O/c1-3-9-4-6-10(7-5-9)8(2)11/h8-11H,3-7H2,1-2H3/t8-,9?,10?/m1/s1. The normalized spacial score (nSPS) is 35.2. The van der Waals surface area contributed by atoms with Crippen LogP contribution in [-0.4, -0.2) is 11.2 Å². The Hall–Kier alpha value is -0.0400. The third-order valence-corrected chi connectivity index (χ3v) is 3.15. The maximum Gasteiger partial charge on any atom is 0.0540 e. The Bertz CT molecular complexity index is 101. The SMILES string of the molecule is CCC1CCC([C@@H](C)O)CC1. The summed E-state index contributed by atoms with van der Waals surface area (Å²) in [6.07, 6.45) is 6.42. The van der Waals surface area contributed by atoms with E-state index >= 15 is 0 Å². The van der Waals surface area contributed by atoms with Gasteiger partial charge in [-0.25, -0.2) is 0 Å². The Balaban J connectivity index is 2.24. The van der Waals surface area contributed by atoms with Crippen molar-refractivity contribution in [3.63, 3.8) is 0 Å². The molecule has 0 spiro atoms. The highest BCUT2D eigenvalue weighted by molar-refractivity contribution is 4.74. The zero-order valence-corrected chi connectivity index (χ0v) is 7.71. The van der Waals surface area contributed by atoms with Crippen molar-refractivity contribution in [1.82, 2.24) is 0 Å². The van der Waals surface area contributed by atoms with Gasteiger partial charge in [0.05, 0.1) is 6.10 Å². The van der Waals surface area contributed by atoms with Crippen molar-refractivity contribution < 1.29 is 5.11 Å². The lowest BCUT2D eigenvalue weighted by molar-refractivity contribution is 0.0880. The molecule has 1 N–H and O–H groups in total. The molecule has 0 aliphatic heterocycles. The van der Waals surface area contributed by atoms with Crippen LogP contribution in [0.1, 0.15) is 46.0 Å². The van der Waals surface area contributed by atoms with Gasteiger partial charge in [0.15, 0.2) is 0 Å². The molecule has 1 saturated carbocycles. The molecule has 1 heteroatoms. The van der Waals surface area contributed by atoms with Gasteiger partial charge in [-0.2, -0.15) is 0 Å². The van der Waals surface area contributed by atoms with Gasteiger partial charge in [0.25, 0.3) is 0 Å². The van der Waals surface area contributed by atoms with Crippen LogP contribution in [0, 0.1) is 11.8 Å².